The molecule has 0 N–H and O–H groups in total. The Morgan fingerprint density at radius 1 is 0.217 bits per heavy atom. The number of rotatable bonds is 8. The molecule has 9 rings (SSSR count). The van der Waals surface area contributed by atoms with Crippen molar-refractivity contribution in [3.05, 3.63) is 249 Å². The molecule has 0 amide bonds. The zero-order valence-corrected chi connectivity index (χ0v) is 35.6. The zero-order valence-electron chi connectivity index (χ0n) is 35.6. The van der Waals surface area contributed by atoms with Crippen LogP contribution in [0.3, 0.4) is 0 Å². The molecule has 0 heterocycles. The fraction of sp³-hybridized carbons (Fsp3) is 0.167. The molecule has 0 radical (unpaired) electrons. The predicted octanol–water partition coefficient (Wildman–Crippen LogP) is 16.3. The van der Waals surface area contributed by atoms with Crippen LogP contribution in [0.1, 0.15) is 105 Å². The monoisotopic (exact) mass is 774 g/mol. The first-order chi connectivity index (χ1) is 29.4. The minimum absolute atomic E-state index is 1.01. The molecular formula is C60H54. The van der Waals surface area contributed by atoms with Crippen LogP contribution in [0.5, 0.6) is 0 Å². The Kier molecular flexibility index (Phi) is 11.3. The second kappa shape index (κ2) is 17.4. The molecule has 0 aliphatic heterocycles. The predicted molar refractivity (Wildman–Crippen MR) is 259 cm³/mol. The van der Waals surface area contributed by atoms with Gasteiger partial charge in [-0.05, 0) is 155 Å². The molecule has 7 aromatic carbocycles. The van der Waals surface area contributed by atoms with Crippen molar-refractivity contribution in [1.82, 2.24) is 0 Å². The Morgan fingerprint density at radius 3 is 0.650 bits per heavy atom. The van der Waals surface area contributed by atoms with E-state index < -0.39 is 0 Å². The maximum atomic E-state index is 2.43. The summed E-state index contributed by atoms with van der Waals surface area (Å²) in [5.74, 6) is 0. The van der Waals surface area contributed by atoms with E-state index in [9.17, 15) is 0 Å². The molecule has 0 unspecified atom stereocenters. The van der Waals surface area contributed by atoms with Gasteiger partial charge in [0.25, 0.3) is 0 Å². The smallest absolute Gasteiger partial charge is 0.00643 e. The first kappa shape index (κ1) is 39.0. The number of hydrogen-bond acceptors (Lipinski definition) is 0. The van der Waals surface area contributed by atoms with Crippen LogP contribution in [0.4, 0.5) is 0 Å². The Hall–Kier alpha value is -6.50. The second-order valence-electron chi connectivity index (χ2n) is 16.9. The zero-order chi connectivity index (χ0) is 41.0. The van der Waals surface area contributed by atoms with Gasteiger partial charge in [0, 0.05) is 0 Å². The van der Waals surface area contributed by atoms with Crippen molar-refractivity contribution in [1.29, 1.82) is 0 Å². The van der Waals surface area contributed by atoms with Gasteiger partial charge in [-0.1, -0.05) is 204 Å². The Morgan fingerprint density at radius 2 is 0.417 bits per heavy atom. The summed E-state index contributed by atoms with van der Waals surface area (Å²) in [5.41, 5.74) is 26.5. The van der Waals surface area contributed by atoms with Gasteiger partial charge in [-0.2, -0.15) is 0 Å². The van der Waals surface area contributed by atoms with Gasteiger partial charge in [0.1, 0.15) is 0 Å². The largest absolute Gasteiger partial charge is 0.0622 e. The Labute approximate surface area is 358 Å². The maximum Gasteiger partial charge on any atom is -0.00643 e. The highest BCUT2D eigenvalue weighted by Gasteiger charge is 2.27. The molecule has 0 spiro atoms. The lowest BCUT2D eigenvalue weighted by molar-refractivity contribution is 0.898. The van der Waals surface area contributed by atoms with E-state index in [2.05, 4.69) is 210 Å². The quantitative estimate of drug-likeness (QED) is 0.144. The van der Waals surface area contributed by atoms with Crippen molar-refractivity contribution in [2.24, 2.45) is 0 Å². The van der Waals surface area contributed by atoms with Crippen molar-refractivity contribution in [2.45, 2.75) is 66.2 Å². The van der Waals surface area contributed by atoms with Gasteiger partial charge >= 0.3 is 0 Å². The summed E-state index contributed by atoms with van der Waals surface area (Å²) >= 11 is 0. The molecular weight excluding hydrogens is 721 g/mol. The van der Waals surface area contributed by atoms with Crippen LogP contribution < -0.4 is 0 Å². The molecule has 60 heavy (non-hydrogen) atoms. The number of allylic oxidation sites excluding steroid dienone is 8. The van der Waals surface area contributed by atoms with E-state index in [0.29, 0.717) is 0 Å². The first-order valence-corrected chi connectivity index (χ1v) is 21.8. The fourth-order valence-electron chi connectivity index (χ4n) is 9.45. The highest BCUT2D eigenvalue weighted by atomic mass is 14.3. The molecule has 0 fully saturated rings. The summed E-state index contributed by atoms with van der Waals surface area (Å²) in [6.07, 6.45) is 6.23. The van der Waals surface area contributed by atoms with E-state index in [4.69, 9.17) is 0 Å². The molecule has 294 valence electrons. The Bertz CT molecular complexity index is 2540. The highest BCUT2D eigenvalue weighted by Crippen LogP contribution is 2.50. The molecule has 0 atom stereocenters. The van der Waals surface area contributed by atoms with Gasteiger partial charge in [-0.15, -0.1) is 0 Å². The average molecular weight is 775 g/mol. The van der Waals surface area contributed by atoms with Crippen LogP contribution in [0.2, 0.25) is 0 Å². The number of benzene rings is 7. The van der Waals surface area contributed by atoms with Crippen molar-refractivity contribution >= 4 is 44.6 Å². The average Bonchev–Trinajstić information content (AvgIpc) is 3.61. The summed E-state index contributed by atoms with van der Waals surface area (Å²) in [6, 6.07) is 68.9. The third kappa shape index (κ3) is 8.08. The Balaban J connectivity index is 1.31. The topological polar surface area (TPSA) is 0 Å². The summed E-state index contributed by atoms with van der Waals surface area (Å²) in [5, 5.41) is 0. The summed E-state index contributed by atoms with van der Waals surface area (Å²) < 4.78 is 0. The van der Waals surface area contributed by atoms with Gasteiger partial charge in [0.05, 0.1) is 0 Å². The summed E-state index contributed by atoms with van der Waals surface area (Å²) in [6.45, 7) is 8.74. The molecule has 2 aliphatic carbocycles. The normalized spacial score (nSPS) is 15.0. The van der Waals surface area contributed by atoms with Crippen molar-refractivity contribution in [3.63, 3.8) is 0 Å². The third-order valence-corrected chi connectivity index (χ3v) is 12.6. The molecule has 0 nitrogen and oxygen atoms in total. The van der Waals surface area contributed by atoms with Crippen LogP contribution in [0, 0.1) is 27.7 Å². The maximum absolute atomic E-state index is 2.43. The van der Waals surface area contributed by atoms with E-state index in [0.717, 1.165) is 38.5 Å². The molecule has 0 aromatic heterocycles. The van der Waals surface area contributed by atoms with Crippen LogP contribution in [0.15, 0.2) is 182 Å². The van der Waals surface area contributed by atoms with Gasteiger partial charge < -0.3 is 0 Å². The van der Waals surface area contributed by atoms with Crippen molar-refractivity contribution < 1.29 is 0 Å². The molecule has 2 aliphatic rings. The summed E-state index contributed by atoms with van der Waals surface area (Å²) in [7, 11) is 0. The number of hydrogen-bond donors (Lipinski definition) is 0. The van der Waals surface area contributed by atoms with Crippen molar-refractivity contribution in [3.8, 4) is 0 Å². The molecule has 0 bridgehead atoms. The number of aryl methyl sites for hydroxylation is 4. The second-order valence-corrected chi connectivity index (χ2v) is 16.9. The fourth-order valence-corrected chi connectivity index (χ4v) is 9.45. The minimum Gasteiger partial charge on any atom is -0.0622 e. The van der Waals surface area contributed by atoms with Gasteiger partial charge in [0.2, 0.25) is 0 Å². The summed E-state index contributed by atoms with van der Waals surface area (Å²) in [4.78, 5) is 0. The highest BCUT2D eigenvalue weighted by molar-refractivity contribution is 6.24. The molecule has 0 heteroatoms. The SMILES string of the molecule is Cc1ccc(C2=C(c3ccccc3)C(c3ccc(C4=C(c5ccc(C)cc5)CCCC(c5ccc(C)cc5)=C4c4ccccc4)cc3)=C(c3ccc(C)cc3)CCC2)cc1. The lowest BCUT2D eigenvalue weighted by Gasteiger charge is -2.23. The lowest BCUT2D eigenvalue weighted by atomic mass is 9.80. The molecule has 0 saturated carbocycles. The molecule has 7 aromatic rings. The van der Waals surface area contributed by atoms with Gasteiger partial charge in [0.15, 0.2) is 0 Å². The minimum atomic E-state index is 1.01. The van der Waals surface area contributed by atoms with Crippen molar-refractivity contribution in [2.75, 3.05) is 0 Å². The van der Waals surface area contributed by atoms with Crippen LogP contribution in [-0.4, -0.2) is 0 Å². The van der Waals surface area contributed by atoms with E-state index in [1.165, 1.54) is 111 Å². The standard InChI is InChI=1S/C60H54/c1-41-21-29-45(30-22-41)53-17-11-19-55(47-33-25-43(3)26-34-47)59(57(53)49-13-7-5-8-14-49)51-37-39-52(40-38-51)60-56(48-35-27-44(4)28-36-48)20-12-18-54(46-31-23-42(2)24-32-46)58(60)50-15-9-6-10-16-50/h5-10,13-16,21-40H,11-12,17-20H2,1-4H3. The first-order valence-electron chi connectivity index (χ1n) is 21.8. The third-order valence-electron chi connectivity index (χ3n) is 12.6. The lowest BCUT2D eigenvalue weighted by Crippen LogP contribution is -2.01. The van der Waals surface area contributed by atoms with E-state index in [-0.39, 0.29) is 0 Å². The van der Waals surface area contributed by atoms with Crippen LogP contribution in [-0.2, 0) is 0 Å². The van der Waals surface area contributed by atoms with E-state index >= 15 is 0 Å². The van der Waals surface area contributed by atoms with Gasteiger partial charge in [-0.25, -0.2) is 0 Å². The van der Waals surface area contributed by atoms with E-state index in [1.807, 2.05) is 0 Å². The van der Waals surface area contributed by atoms with Crippen LogP contribution >= 0.6 is 0 Å². The van der Waals surface area contributed by atoms with E-state index in [1.54, 1.807) is 0 Å². The molecule has 0 saturated heterocycles. The van der Waals surface area contributed by atoms with Gasteiger partial charge in [-0.3, -0.25) is 0 Å². The van der Waals surface area contributed by atoms with Crippen LogP contribution in [0.25, 0.3) is 44.6 Å².